The summed E-state index contributed by atoms with van der Waals surface area (Å²) in [6, 6.07) is 1.22. The first-order valence-corrected chi connectivity index (χ1v) is 3.99. The van der Waals surface area contributed by atoms with Crippen LogP contribution in [0.5, 0.6) is 0 Å². The van der Waals surface area contributed by atoms with Crippen LogP contribution in [0.15, 0.2) is 17.0 Å². The maximum atomic E-state index is 12.5. The zero-order chi connectivity index (χ0) is 9.30. The number of hydrogen-bond donors (Lipinski definition) is 1. The zero-order valence-corrected chi connectivity index (χ0v) is 6.45. The van der Waals surface area contributed by atoms with Crippen LogP contribution in [0.2, 0.25) is 0 Å². The number of thiol groups is 1. The fraction of sp³-hybridized carbons (Fsp3) is 0. The first-order valence-electron chi connectivity index (χ1n) is 2.82. The predicted molar refractivity (Wildman–Crippen MR) is 34.9 cm³/mol. The van der Waals surface area contributed by atoms with Gasteiger partial charge in [0.1, 0.15) is 4.90 Å². The van der Waals surface area contributed by atoms with Gasteiger partial charge in [-0.15, -0.1) is 0 Å². The third-order valence-corrected chi connectivity index (χ3v) is 1.95. The third kappa shape index (κ3) is 1.42. The average Bonchev–Trinajstić information content (AvgIpc) is 2.00. The maximum Gasteiger partial charge on any atom is 0.195 e. The maximum absolute atomic E-state index is 12.5. The Bertz CT molecular complexity index is 379. The van der Waals surface area contributed by atoms with E-state index in [0.717, 1.165) is 0 Å². The number of hydrogen-bond acceptors (Lipinski definition) is 2. The van der Waals surface area contributed by atoms with E-state index in [2.05, 4.69) is 0 Å². The van der Waals surface area contributed by atoms with Crippen LogP contribution in [-0.4, -0.2) is 8.42 Å². The molecule has 0 amide bonds. The van der Waals surface area contributed by atoms with E-state index in [-0.39, 0.29) is 0 Å². The summed E-state index contributed by atoms with van der Waals surface area (Å²) in [5.41, 5.74) is 0. The molecule has 0 aliphatic heterocycles. The van der Waals surface area contributed by atoms with Gasteiger partial charge in [-0.1, -0.05) is 0 Å². The molecule has 0 aliphatic rings. The Labute approximate surface area is 67.6 Å². The van der Waals surface area contributed by atoms with Gasteiger partial charge in [-0.3, -0.25) is 0 Å². The Morgan fingerprint density at radius 1 is 1.00 bits per heavy atom. The van der Waals surface area contributed by atoms with Crippen molar-refractivity contribution in [3.8, 4) is 0 Å². The highest BCUT2D eigenvalue weighted by molar-refractivity contribution is 7.72. The van der Waals surface area contributed by atoms with Crippen LogP contribution in [-0.2, 0) is 10.7 Å². The van der Waals surface area contributed by atoms with Crippen LogP contribution in [0.1, 0.15) is 0 Å². The molecule has 0 bridgehead atoms. The predicted octanol–water partition coefficient (Wildman–Crippen LogP) is 1.07. The smallest absolute Gasteiger partial charge is 0.195 e. The molecule has 0 saturated heterocycles. The Morgan fingerprint density at radius 2 is 1.58 bits per heavy atom. The van der Waals surface area contributed by atoms with Crippen molar-refractivity contribution in [2.24, 2.45) is 0 Å². The summed E-state index contributed by atoms with van der Waals surface area (Å²) in [7, 11) is -3.23. The summed E-state index contributed by atoms with van der Waals surface area (Å²) in [4.78, 5) is -0.844. The van der Waals surface area contributed by atoms with Gasteiger partial charge in [0.05, 0.1) is 0 Å². The van der Waals surface area contributed by atoms with E-state index >= 15 is 0 Å². The average molecular weight is 196 g/mol. The summed E-state index contributed by atoms with van der Waals surface area (Å²) in [5.74, 6) is -4.86. The molecule has 1 aromatic carbocycles. The molecule has 0 N–H and O–H groups in total. The van der Waals surface area contributed by atoms with E-state index in [4.69, 9.17) is 0 Å². The van der Waals surface area contributed by atoms with Crippen LogP contribution in [0, 0.1) is 17.5 Å². The SMILES string of the molecule is O=[SH](=O)c1ccc(F)c(F)c1F. The summed E-state index contributed by atoms with van der Waals surface area (Å²) in [6.07, 6.45) is 0. The molecule has 0 atom stereocenters. The first-order chi connectivity index (χ1) is 5.54. The van der Waals surface area contributed by atoms with Gasteiger partial charge in [0.25, 0.3) is 0 Å². The van der Waals surface area contributed by atoms with Crippen molar-refractivity contribution in [1.29, 1.82) is 0 Å². The van der Waals surface area contributed by atoms with Gasteiger partial charge < -0.3 is 0 Å². The van der Waals surface area contributed by atoms with Crippen LogP contribution >= 0.6 is 0 Å². The summed E-state index contributed by atoms with van der Waals surface area (Å²) in [6.45, 7) is 0. The lowest BCUT2D eigenvalue weighted by Gasteiger charge is -1.96. The molecular weight excluding hydrogens is 193 g/mol. The third-order valence-electron chi connectivity index (χ3n) is 1.21. The van der Waals surface area contributed by atoms with Crippen LogP contribution in [0.3, 0.4) is 0 Å². The molecule has 0 saturated carbocycles. The molecule has 12 heavy (non-hydrogen) atoms. The summed E-state index contributed by atoms with van der Waals surface area (Å²) < 4.78 is 57.4. The van der Waals surface area contributed by atoms with Gasteiger partial charge in [-0.05, 0) is 12.1 Å². The fourth-order valence-corrected chi connectivity index (χ4v) is 1.11. The Hall–Kier alpha value is -1.04. The van der Waals surface area contributed by atoms with Crippen molar-refractivity contribution in [3.05, 3.63) is 29.6 Å². The molecule has 0 heterocycles. The molecule has 0 radical (unpaired) electrons. The van der Waals surface area contributed by atoms with E-state index < -0.39 is 33.1 Å². The van der Waals surface area contributed by atoms with Crippen molar-refractivity contribution in [2.75, 3.05) is 0 Å². The minimum absolute atomic E-state index is 0.554. The Kier molecular flexibility index (Phi) is 2.37. The first kappa shape index (κ1) is 9.05. The molecule has 1 aromatic rings. The van der Waals surface area contributed by atoms with E-state index in [9.17, 15) is 21.6 Å². The molecule has 66 valence electrons. The van der Waals surface area contributed by atoms with E-state index in [0.29, 0.717) is 12.1 Å². The topological polar surface area (TPSA) is 34.1 Å². The van der Waals surface area contributed by atoms with Gasteiger partial charge in [-0.25, -0.2) is 21.6 Å². The van der Waals surface area contributed by atoms with Crippen molar-refractivity contribution < 1.29 is 21.6 Å². The van der Waals surface area contributed by atoms with Crippen molar-refractivity contribution in [3.63, 3.8) is 0 Å². The molecule has 0 spiro atoms. The van der Waals surface area contributed by atoms with E-state index in [1.54, 1.807) is 0 Å². The van der Waals surface area contributed by atoms with Gasteiger partial charge in [0.15, 0.2) is 28.2 Å². The largest absolute Gasteiger partial charge is 0.227 e. The van der Waals surface area contributed by atoms with Gasteiger partial charge in [0.2, 0.25) is 0 Å². The second-order valence-electron chi connectivity index (χ2n) is 1.95. The molecule has 1 rings (SSSR count). The van der Waals surface area contributed by atoms with Gasteiger partial charge in [0, 0.05) is 0 Å². The standard InChI is InChI=1S/C6H3F3O2S/c7-3-1-2-4(12(10)11)6(9)5(3)8/h1-2,12H. The van der Waals surface area contributed by atoms with Crippen LogP contribution in [0.25, 0.3) is 0 Å². The molecule has 2 nitrogen and oxygen atoms in total. The minimum Gasteiger partial charge on any atom is -0.227 e. The highest BCUT2D eigenvalue weighted by Crippen LogP contribution is 2.15. The summed E-state index contributed by atoms with van der Waals surface area (Å²) >= 11 is 0. The van der Waals surface area contributed by atoms with Gasteiger partial charge in [-0.2, -0.15) is 0 Å². The Balaban J connectivity index is 3.46. The zero-order valence-electron chi connectivity index (χ0n) is 5.55. The van der Waals surface area contributed by atoms with E-state index in [1.807, 2.05) is 0 Å². The highest BCUT2D eigenvalue weighted by Gasteiger charge is 2.14. The molecule has 0 aromatic heterocycles. The van der Waals surface area contributed by atoms with Crippen molar-refractivity contribution in [2.45, 2.75) is 4.90 Å². The van der Waals surface area contributed by atoms with Crippen molar-refractivity contribution in [1.82, 2.24) is 0 Å². The molecule has 6 heteroatoms. The van der Waals surface area contributed by atoms with Crippen molar-refractivity contribution >= 4 is 10.7 Å². The number of rotatable bonds is 1. The van der Waals surface area contributed by atoms with Gasteiger partial charge >= 0.3 is 0 Å². The highest BCUT2D eigenvalue weighted by atomic mass is 32.2. The quantitative estimate of drug-likeness (QED) is 0.538. The minimum atomic E-state index is -3.23. The lowest BCUT2D eigenvalue weighted by Crippen LogP contribution is -1.95. The lowest BCUT2D eigenvalue weighted by molar-refractivity contribution is 0.433. The second-order valence-corrected chi connectivity index (χ2v) is 2.95. The molecule has 0 unspecified atom stereocenters. The van der Waals surface area contributed by atoms with Crippen LogP contribution < -0.4 is 0 Å². The molecule has 0 fully saturated rings. The lowest BCUT2D eigenvalue weighted by atomic mass is 10.3. The number of halogens is 3. The Morgan fingerprint density at radius 3 is 2.08 bits per heavy atom. The van der Waals surface area contributed by atoms with Crippen LogP contribution in [0.4, 0.5) is 13.2 Å². The van der Waals surface area contributed by atoms with E-state index in [1.165, 1.54) is 0 Å². The molecular formula is C6H3F3O2S. The second kappa shape index (κ2) is 3.14. The number of benzene rings is 1. The summed E-state index contributed by atoms with van der Waals surface area (Å²) in [5, 5.41) is 0. The fourth-order valence-electron chi connectivity index (χ4n) is 0.657. The monoisotopic (exact) mass is 196 g/mol. The normalized spacial score (nSPS) is 10.7. The molecule has 0 aliphatic carbocycles.